The molecule has 5 nitrogen and oxygen atoms in total. The van der Waals surface area contributed by atoms with Crippen molar-refractivity contribution in [1.82, 2.24) is 15.5 Å². The molecule has 0 amide bonds. The molecule has 1 saturated carbocycles. The standard InChI is InChI=1S/C20H40N4O/c1-4-21-20(23-18-7-9-19(25)10-8-18)22-11-5-6-12-24-14-16(2)13-17(3)15-24/h16-19,25H,4-15H2,1-3H3,(H2,21,22,23). The minimum atomic E-state index is -0.0993. The van der Waals surface area contributed by atoms with Gasteiger partial charge in [-0.15, -0.1) is 0 Å². The van der Waals surface area contributed by atoms with Crippen LogP contribution in [0, 0.1) is 11.8 Å². The molecule has 0 spiro atoms. The second-order valence-corrected chi connectivity index (χ2v) is 8.32. The average molecular weight is 353 g/mol. The predicted octanol–water partition coefficient (Wildman–Crippen LogP) is 2.60. The van der Waals surface area contributed by atoms with E-state index in [-0.39, 0.29) is 6.10 Å². The minimum absolute atomic E-state index is 0.0993. The summed E-state index contributed by atoms with van der Waals surface area (Å²) in [5, 5.41) is 16.5. The zero-order valence-corrected chi connectivity index (χ0v) is 16.6. The van der Waals surface area contributed by atoms with Crippen LogP contribution in [0.15, 0.2) is 4.99 Å². The van der Waals surface area contributed by atoms with Crippen LogP contribution in [-0.4, -0.2) is 60.8 Å². The first-order chi connectivity index (χ1) is 12.1. The van der Waals surface area contributed by atoms with Gasteiger partial charge in [0.2, 0.25) is 0 Å². The highest BCUT2D eigenvalue weighted by Crippen LogP contribution is 2.21. The van der Waals surface area contributed by atoms with Crippen LogP contribution in [0.25, 0.3) is 0 Å². The molecule has 0 aromatic heterocycles. The number of aliphatic hydroxyl groups is 1. The molecule has 2 atom stereocenters. The summed E-state index contributed by atoms with van der Waals surface area (Å²) in [5.74, 6) is 2.64. The summed E-state index contributed by atoms with van der Waals surface area (Å²) >= 11 is 0. The number of piperidine rings is 1. The van der Waals surface area contributed by atoms with Gasteiger partial charge in [0.25, 0.3) is 0 Å². The van der Waals surface area contributed by atoms with Crippen molar-refractivity contribution in [3.8, 4) is 0 Å². The number of hydrogen-bond donors (Lipinski definition) is 3. The smallest absolute Gasteiger partial charge is 0.191 e. The van der Waals surface area contributed by atoms with Crippen LogP contribution in [0.5, 0.6) is 0 Å². The first kappa shape index (κ1) is 20.5. The maximum atomic E-state index is 9.63. The molecular weight excluding hydrogens is 312 g/mol. The zero-order valence-electron chi connectivity index (χ0n) is 16.6. The van der Waals surface area contributed by atoms with Crippen molar-refractivity contribution >= 4 is 5.96 Å². The van der Waals surface area contributed by atoms with E-state index in [1.54, 1.807) is 0 Å². The highest BCUT2D eigenvalue weighted by atomic mass is 16.3. The van der Waals surface area contributed by atoms with Crippen molar-refractivity contribution in [2.24, 2.45) is 16.8 Å². The number of guanidine groups is 1. The molecule has 2 fully saturated rings. The summed E-state index contributed by atoms with van der Waals surface area (Å²) in [5.41, 5.74) is 0. The van der Waals surface area contributed by atoms with E-state index in [0.717, 1.165) is 63.0 Å². The normalized spacial score (nSPS) is 31.8. The zero-order chi connectivity index (χ0) is 18.1. The number of aliphatic hydroxyl groups excluding tert-OH is 1. The van der Waals surface area contributed by atoms with Crippen molar-refractivity contribution in [3.05, 3.63) is 0 Å². The monoisotopic (exact) mass is 352 g/mol. The van der Waals surface area contributed by atoms with Crippen LogP contribution in [-0.2, 0) is 0 Å². The Hall–Kier alpha value is -0.810. The number of nitrogens with zero attached hydrogens (tertiary/aromatic N) is 2. The number of hydrogen-bond acceptors (Lipinski definition) is 3. The Balaban J connectivity index is 1.65. The van der Waals surface area contributed by atoms with Crippen molar-refractivity contribution in [1.29, 1.82) is 0 Å². The molecule has 1 aliphatic heterocycles. The van der Waals surface area contributed by atoms with Gasteiger partial charge in [-0.05, 0) is 70.3 Å². The topological polar surface area (TPSA) is 59.9 Å². The van der Waals surface area contributed by atoms with Crippen LogP contribution in [0.4, 0.5) is 0 Å². The lowest BCUT2D eigenvalue weighted by atomic mass is 9.92. The molecule has 2 aliphatic rings. The van der Waals surface area contributed by atoms with Gasteiger partial charge in [0.15, 0.2) is 5.96 Å². The van der Waals surface area contributed by atoms with E-state index in [1.807, 2.05) is 0 Å². The fraction of sp³-hybridized carbons (Fsp3) is 0.950. The molecule has 1 aliphatic carbocycles. The predicted molar refractivity (Wildman–Crippen MR) is 106 cm³/mol. The summed E-state index contributed by atoms with van der Waals surface area (Å²) in [6, 6.07) is 0.456. The maximum absolute atomic E-state index is 9.63. The Kier molecular flexibility index (Phi) is 9.04. The molecule has 25 heavy (non-hydrogen) atoms. The van der Waals surface area contributed by atoms with E-state index in [2.05, 4.69) is 36.3 Å². The minimum Gasteiger partial charge on any atom is -0.393 e. The van der Waals surface area contributed by atoms with Crippen molar-refractivity contribution < 1.29 is 5.11 Å². The van der Waals surface area contributed by atoms with E-state index in [1.165, 1.54) is 32.5 Å². The Morgan fingerprint density at radius 1 is 1.08 bits per heavy atom. The lowest BCUT2D eigenvalue weighted by molar-refractivity contribution is 0.120. The van der Waals surface area contributed by atoms with Crippen LogP contribution in [0.3, 0.4) is 0 Å². The van der Waals surface area contributed by atoms with Gasteiger partial charge in [0.05, 0.1) is 6.10 Å². The van der Waals surface area contributed by atoms with E-state index in [4.69, 9.17) is 4.99 Å². The first-order valence-corrected chi connectivity index (χ1v) is 10.5. The molecule has 5 heteroatoms. The second-order valence-electron chi connectivity index (χ2n) is 8.32. The number of rotatable bonds is 7. The van der Waals surface area contributed by atoms with E-state index in [0.29, 0.717) is 6.04 Å². The summed E-state index contributed by atoms with van der Waals surface area (Å²) in [6.45, 7) is 12.4. The fourth-order valence-electron chi connectivity index (χ4n) is 4.35. The Labute approximate surface area is 154 Å². The number of nitrogens with one attached hydrogen (secondary N) is 2. The molecule has 0 aromatic rings. The molecule has 3 N–H and O–H groups in total. The third-order valence-corrected chi connectivity index (χ3v) is 5.48. The average Bonchev–Trinajstić information content (AvgIpc) is 2.56. The van der Waals surface area contributed by atoms with E-state index < -0.39 is 0 Å². The third-order valence-electron chi connectivity index (χ3n) is 5.48. The molecule has 146 valence electrons. The molecule has 2 unspecified atom stereocenters. The number of aliphatic imine (C=N–C) groups is 1. The molecule has 1 saturated heterocycles. The highest BCUT2D eigenvalue weighted by molar-refractivity contribution is 5.80. The molecule has 2 rings (SSSR count). The van der Waals surface area contributed by atoms with Crippen LogP contribution in [0.2, 0.25) is 0 Å². The van der Waals surface area contributed by atoms with Gasteiger partial charge in [-0.1, -0.05) is 13.8 Å². The SMILES string of the molecule is CCNC(=NCCCCN1CC(C)CC(C)C1)NC1CCC(O)CC1. The molecule has 0 bridgehead atoms. The van der Waals surface area contributed by atoms with Gasteiger partial charge in [-0.25, -0.2) is 0 Å². The molecular formula is C20H40N4O. The largest absolute Gasteiger partial charge is 0.393 e. The van der Waals surface area contributed by atoms with Crippen LogP contribution < -0.4 is 10.6 Å². The Bertz CT molecular complexity index is 383. The molecule has 0 aromatic carbocycles. The second kappa shape index (κ2) is 11.0. The third kappa shape index (κ3) is 7.95. The summed E-state index contributed by atoms with van der Waals surface area (Å²) in [4.78, 5) is 7.39. The van der Waals surface area contributed by atoms with Crippen molar-refractivity contribution in [3.63, 3.8) is 0 Å². The van der Waals surface area contributed by atoms with Gasteiger partial charge in [0.1, 0.15) is 0 Å². The van der Waals surface area contributed by atoms with Gasteiger partial charge >= 0.3 is 0 Å². The molecule has 0 radical (unpaired) electrons. The number of likely N-dealkylation sites (tertiary alicyclic amines) is 1. The van der Waals surface area contributed by atoms with Crippen molar-refractivity contribution in [2.45, 2.75) is 77.9 Å². The lowest BCUT2D eigenvalue weighted by Gasteiger charge is -2.34. The number of unbranched alkanes of at least 4 members (excludes halogenated alkanes) is 1. The maximum Gasteiger partial charge on any atom is 0.191 e. The first-order valence-electron chi connectivity index (χ1n) is 10.5. The fourth-order valence-corrected chi connectivity index (χ4v) is 4.35. The van der Waals surface area contributed by atoms with E-state index in [9.17, 15) is 5.11 Å². The summed E-state index contributed by atoms with van der Waals surface area (Å²) in [6.07, 6.45) is 7.56. The quantitative estimate of drug-likeness (QED) is 0.374. The van der Waals surface area contributed by atoms with Gasteiger partial charge in [-0.3, -0.25) is 4.99 Å². The summed E-state index contributed by atoms with van der Waals surface area (Å²) < 4.78 is 0. The van der Waals surface area contributed by atoms with Crippen molar-refractivity contribution in [2.75, 3.05) is 32.7 Å². The van der Waals surface area contributed by atoms with Crippen LogP contribution in [0.1, 0.15) is 65.7 Å². The van der Waals surface area contributed by atoms with Gasteiger partial charge < -0.3 is 20.6 Å². The highest BCUT2D eigenvalue weighted by Gasteiger charge is 2.21. The summed E-state index contributed by atoms with van der Waals surface area (Å²) in [7, 11) is 0. The molecule has 1 heterocycles. The lowest BCUT2D eigenvalue weighted by Crippen LogP contribution is -2.45. The van der Waals surface area contributed by atoms with Gasteiger partial charge in [-0.2, -0.15) is 0 Å². The van der Waals surface area contributed by atoms with E-state index >= 15 is 0 Å². The van der Waals surface area contributed by atoms with Crippen LogP contribution >= 0.6 is 0 Å². The Morgan fingerprint density at radius 2 is 1.76 bits per heavy atom. The Morgan fingerprint density at radius 3 is 2.40 bits per heavy atom. The van der Waals surface area contributed by atoms with Gasteiger partial charge in [0, 0.05) is 32.2 Å².